The van der Waals surface area contributed by atoms with Gasteiger partial charge in [0, 0.05) is 21.9 Å². The molecular weight excluding hydrogens is 252 g/mol. The minimum atomic E-state index is -0.550. The van der Waals surface area contributed by atoms with Crippen LogP contribution in [0.25, 0.3) is 10.4 Å². The van der Waals surface area contributed by atoms with E-state index in [-0.39, 0.29) is 6.04 Å². The molecule has 1 nitrogen and oxygen atoms in total. The lowest BCUT2D eigenvalue weighted by Crippen LogP contribution is -2.10. The normalized spacial score (nSPS) is 16.8. The van der Waals surface area contributed by atoms with Crippen LogP contribution in [0.1, 0.15) is 23.8 Å². The third-order valence-corrected chi connectivity index (χ3v) is 4.47. The Kier molecular flexibility index (Phi) is 2.92. The van der Waals surface area contributed by atoms with E-state index in [9.17, 15) is 8.78 Å². The molecule has 0 spiro atoms. The summed E-state index contributed by atoms with van der Waals surface area (Å²) in [4.78, 5) is 1.96. The van der Waals surface area contributed by atoms with Crippen molar-refractivity contribution < 1.29 is 8.78 Å². The van der Waals surface area contributed by atoms with Gasteiger partial charge in [-0.15, -0.1) is 11.3 Å². The Morgan fingerprint density at radius 3 is 2.39 bits per heavy atom. The number of rotatable bonds is 3. The number of benzene rings is 1. The molecule has 0 saturated heterocycles. The summed E-state index contributed by atoms with van der Waals surface area (Å²) in [5, 5.41) is 0. The second-order valence-corrected chi connectivity index (χ2v) is 5.84. The molecule has 1 aliphatic carbocycles. The number of hydrogen-bond donors (Lipinski definition) is 1. The van der Waals surface area contributed by atoms with E-state index in [0.717, 1.165) is 15.8 Å². The average Bonchev–Trinajstić information content (AvgIpc) is 3.04. The maximum absolute atomic E-state index is 13.2. The minimum absolute atomic E-state index is 0.0714. The Bertz CT molecular complexity index is 555. The highest BCUT2D eigenvalue weighted by molar-refractivity contribution is 7.15. The van der Waals surface area contributed by atoms with Gasteiger partial charge in [-0.1, -0.05) is 0 Å². The maximum Gasteiger partial charge on any atom is 0.126 e. The van der Waals surface area contributed by atoms with E-state index in [4.69, 9.17) is 5.73 Å². The Labute approximate surface area is 108 Å². The van der Waals surface area contributed by atoms with Crippen molar-refractivity contribution in [3.05, 3.63) is 46.8 Å². The van der Waals surface area contributed by atoms with Gasteiger partial charge in [0.25, 0.3) is 0 Å². The molecule has 1 aromatic carbocycles. The molecule has 1 unspecified atom stereocenters. The van der Waals surface area contributed by atoms with Crippen LogP contribution in [0.15, 0.2) is 30.3 Å². The van der Waals surface area contributed by atoms with Crippen LogP contribution in [0.3, 0.4) is 0 Å². The van der Waals surface area contributed by atoms with Gasteiger partial charge in [-0.05, 0) is 48.6 Å². The number of nitrogens with two attached hydrogens (primary N) is 1. The highest BCUT2D eigenvalue weighted by atomic mass is 32.1. The first-order valence-electron chi connectivity index (χ1n) is 5.95. The molecule has 94 valence electrons. The first kappa shape index (κ1) is 11.8. The fourth-order valence-corrected chi connectivity index (χ4v) is 3.16. The van der Waals surface area contributed by atoms with E-state index in [1.807, 2.05) is 12.1 Å². The van der Waals surface area contributed by atoms with E-state index in [2.05, 4.69) is 0 Å². The van der Waals surface area contributed by atoms with Gasteiger partial charge in [0.2, 0.25) is 0 Å². The molecule has 1 aromatic heterocycles. The molecule has 1 heterocycles. The number of thiophene rings is 1. The molecule has 1 atom stereocenters. The molecule has 1 saturated carbocycles. The summed E-state index contributed by atoms with van der Waals surface area (Å²) < 4.78 is 26.3. The molecular formula is C14H13F2NS. The van der Waals surface area contributed by atoms with Crippen LogP contribution in [0, 0.1) is 17.6 Å². The lowest BCUT2D eigenvalue weighted by Gasteiger charge is -2.06. The summed E-state index contributed by atoms with van der Waals surface area (Å²) in [6.07, 6.45) is 2.37. The lowest BCUT2D eigenvalue weighted by atomic mass is 10.1. The molecule has 0 amide bonds. The molecule has 0 bridgehead atoms. The van der Waals surface area contributed by atoms with Crippen LogP contribution in [0.5, 0.6) is 0 Å². The second-order valence-electron chi connectivity index (χ2n) is 4.72. The zero-order chi connectivity index (χ0) is 12.7. The van der Waals surface area contributed by atoms with Crippen LogP contribution in [-0.4, -0.2) is 0 Å². The van der Waals surface area contributed by atoms with Crippen LogP contribution >= 0.6 is 11.3 Å². The van der Waals surface area contributed by atoms with Crippen molar-refractivity contribution in [3.63, 3.8) is 0 Å². The lowest BCUT2D eigenvalue weighted by molar-refractivity contribution is 0.584. The molecule has 0 aliphatic heterocycles. The standard InChI is InChI=1S/C14H13F2NS/c15-10-5-9(6-11(16)7-10)12-3-4-13(18-12)14(17)8-1-2-8/h3-8,14H,1-2,17H2. The Hall–Kier alpha value is -1.26. The summed E-state index contributed by atoms with van der Waals surface area (Å²) in [6.45, 7) is 0. The van der Waals surface area contributed by atoms with Gasteiger partial charge in [0.1, 0.15) is 11.6 Å². The molecule has 2 N–H and O–H groups in total. The highest BCUT2D eigenvalue weighted by Gasteiger charge is 2.30. The largest absolute Gasteiger partial charge is 0.323 e. The Balaban J connectivity index is 1.92. The van der Waals surface area contributed by atoms with Gasteiger partial charge < -0.3 is 5.73 Å². The third-order valence-electron chi connectivity index (χ3n) is 3.23. The predicted molar refractivity (Wildman–Crippen MR) is 69.3 cm³/mol. The molecule has 2 aromatic rings. The van der Waals surface area contributed by atoms with E-state index in [1.54, 1.807) is 0 Å². The first-order valence-corrected chi connectivity index (χ1v) is 6.77. The van der Waals surface area contributed by atoms with Gasteiger partial charge in [0.05, 0.1) is 0 Å². The van der Waals surface area contributed by atoms with Crippen molar-refractivity contribution in [2.24, 2.45) is 11.7 Å². The summed E-state index contributed by atoms with van der Waals surface area (Å²) >= 11 is 1.52. The fraction of sp³-hybridized carbons (Fsp3) is 0.286. The molecule has 0 radical (unpaired) electrons. The molecule has 1 fully saturated rings. The van der Waals surface area contributed by atoms with Crippen LogP contribution in [-0.2, 0) is 0 Å². The maximum atomic E-state index is 13.2. The number of hydrogen-bond acceptors (Lipinski definition) is 2. The minimum Gasteiger partial charge on any atom is -0.323 e. The van der Waals surface area contributed by atoms with Crippen LogP contribution in [0.2, 0.25) is 0 Å². The Morgan fingerprint density at radius 1 is 1.11 bits per heavy atom. The smallest absolute Gasteiger partial charge is 0.126 e. The van der Waals surface area contributed by atoms with Crippen LogP contribution in [0.4, 0.5) is 8.78 Å². The average molecular weight is 265 g/mol. The van der Waals surface area contributed by atoms with Gasteiger partial charge in [-0.25, -0.2) is 8.78 Å². The van der Waals surface area contributed by atoms with Gasteiger partial charge in [-0.2, -0.15) is 0 Å². The second kappa shape index (κ2) is 4.44. The van der Waals surface area contributed by atoms with Gasteiger partial charge in [-0.3, -0.25) is 0 Å². The first-order chi connectivity index (χ1) is 8.63. The van der Waals surface area contributed by atoms with E-state index in [1.165, 1.54) is 36.3 Å². The van der Waals surface area contributed by atoms with Crippen molar-refractivity contribution in [1.29, 1.82) is 0 Å². The zero-order valence-corrected chi connectivity index (χ0v) is 10.5. The summed E-state index contributed by atoms with van der Waals surface area (Å²) in [5.41, 5.74) is 6.69. The van der Waals surface area contributed by atoms with Crippen molar-refractivity contribution >= 4 is 11.3 Å². The van der Waals surface area contributed by atoms with Crippen molar-refractivity contribution in [1.82, 2.24) is 0 Å². The monoisotopic (exact) mass is 265 g/mol. The molecule has 1 aliphatic rings. The summed E-state index contributed by atoms with van der Waals surface area (Å²) in [7, 11) is 0. The third kappa shape index (κ3) is 2.31. The fourth-order valence-electron chi connectivity index (χ4n) is 2.07. The SMILES string of the molecule is NC(c1ccc(-c2cc(F)cc(F)c2)s1)C1CC1. The van der Waals surface area contributed by atoms with Crippen molar-refractivity contribution in [3.8, 4) is 10.4 Å². The molecule has 18 heavy (non-hydrogen) atoms. The van der Waals surface area contributed by atoms with E-state index in [0.29, 0.717) is 11.5 Å². The zero-order valence-electron chi connectivity index (χ0n) is 9.70. The summed E-state index contributed by atoms with van der Waals surface area (Å²) in [5.74, 6) is -0.515. The van der Waals surface area contributed by atoms with Crippen molar-refractivity contribution in [2.45, 2.75) is 18.9 Å². The Morgan fingerprint density at radius 2 is 1.78 bits per heavy atom. The van der Waals surface area contributed by atoms with Gasteiger partial charge >= 0.3 is 0 Å². The van der Waals surface area contributed by atoms with E-state index < -0.39 is 11.6 Å². The summed E-state index contributed by atoms with van der Waals surface area (Å²) in [6, 6.07) is 7.50. The highest BCUT2D eigenvalue weighted by Crippen LogP contribution is 2.42. The molecule has 3 rings (SSSR count). The van der Waals surface area contributed by atoms with E-state index >= 15 is 0 Å². The van der Waals surface area contributed by atoms with Crippen molar-refractivity contribution in [2.75, 3.05) is 0 Å². The van der Waals surface area contributed by atoms with Crippen LogP contribution < -0.4 is 5.73 Å². The van der Waals surface area contributed by atoms with Gasteiger partial charge in [0.15, 0.2) is 0 Å². The molecule has 4 heteroatoms. The number of halogens is 2. The predicted octanol–water partition coefficient (Wildman–Crippen LogP) is 4.10. The quantitative estimate of drug-likeness (QED) is 0.888. The topological polar surface area (TPSA) is 26.0 Å².